The van der Waals surface area contributed by atoms with Crippen LogP contribution in [-0.2, 0) is 16.1 Å². The lowest BCUT2D eigenvalue weighted by Crippen LogP contribution is -2.29. The number of aliphatic hydroxyl groups is 1. The predicted molar refractivity (Wildman–Crippen MR) is 70.7 cm³/mol. The van der Waals surface area contributed by atoms with Gasteiger partial charge in [0.1, 0.15) is 0 Å². The fourth-order valence-corrected chi connectivity index (χ4v) is 2.34. The van der Waals surface area contributed by atoms with Gasteiger partial charge in [0.25, 0.3) is 11.8 Å². The van der Waals surface area contributed by atoms with E-state index < -0.39 is 0 Å². The Balaban J connectivity index is 2.19. The molecule has 0 atom stereocenters. The first kappa shape index (κ1) is 11.7. The van der Waals surface area contributed by atoms with E-state index >= 15 is 0 Å². The number of imide groups is 1. The van der Waals surface area contributed by atoms with Crippen molar-refractivity contribution in [2.45, 2.75) is 6.54 Å². The number of fused-ring (bicyclic) bond motifs is 1. The number of anilines is 1. The highest BCUT2D eigenvalue weighted by atomic mass is 16.3. The van der Waals surface area contributed by atoms with Gasteiger partial charge in [-0.2, -0.15) is 0 Å². The summed E-state index contributed by atoms with van der Waals surface area (Å²) in [6.45, 7) is 0.419. The summed E-state index contributed by atoms with van der Waals surface area (Å²) in [7, 11) is 0. The first-order valence-electron chi connectivity index (χ1n) is 5.97. The van der Waals surface area contributed by atoms with Crippen LogP contribution in [0.15, 0.2) is 42.6 Å². The molecule has 1 aromatic carbocycles. The summed E-state index contributed by atoms with van der Waals surface area (Å²) in [5, 5.41) is 9.90. The molecular weight excluding hydrogens is 244 g/mol. The van der Waals surface area contributed by atoms with Crippen molar-refractivity contribution in [3.8, 4) is 0 Å². The highest BCUT2D eigenvalue weighted by molar-refractivity contribution is 6.30. The van der Waals surface area contributed by atoms with Crippen molar-refractivity contribution < 1.29 is 14.7 Å². The molecule has 2 amide bonds. The van der Waals surface area contributed by atoms with Gasteiger partial charge in [0, 0.05) is 30.3 Å². The minimum atomic E-state index is -0.336. The summed E-state index contributed by atoms with van der Waals surface area (Å²) in [5.74, 6) is -0.672. The quantitative estimate of drug-likeness (QED) is 0.835. The van der Waals surface area contributed by atoms with Crippen molar-refractivity contribution in [1.82, 2.24) is 4.57 Å². The second-order valence-electron chi connectivity index (χ2n) is 4.29. The van der Waals surface area contributed by atoms with Crippen molar-refractivity contribution >= 4 is 28.4 Å². The zero-order chi connectivity index (χ0) is 13.4. The molecule has 2 aromatic rings. The van der Waals surface area contributed by atoms with Crippen LogP contribution in [0, 0.1) is 0 Å². The number of rotatable bonds is 3. The van der Waals surface area contributed by atoms with Crippen molar-refractivity contribution in [2.24, 2.45) is 0 Å². The number of carbonyl (C=O) groups excluding carboxylic acids is 2. The lowest BCUT2D eigenvalue weighted by atomic mass is 10.2. The number of nitrogens with zero attached hydrogens (tertiary/aromatic N) is 2. The molecule has 1 aromatic heterocycles. The third-order valence-corrected chi connectivity index (χ3v) is 3.16. The lowest BCUT2D eigenvalue weighted by Gasteiger charge is -2.11. The summed E-state index contributed by atoms with van der Waals surface area (Å²) in [4.78, 5) is 24.7. The van der Waals surface area contributed by atoms with Gasteiger partial charge in [-0.1, -0.05) is 18.2 Å². The Morgan fingerprint density at radius 1 is 1.05 bits per heavy atom. The number of aromatic nitrogens is 1. The van der Waals surface area contributed by atoms with Crippen LogP contribution >= 0.6 is 0 Å². The van der Waals surface area contributed by atoms with Gasteiger partial charge in [0.05, 0.1) is 17.8 Å². The Hall–Kier alpha value is -2.40. The van der Waals surface area contributed by atoms with Crippen LogP contribution in [-0.4, -0.2) is 28.1 Å². The molecule has 0 saturated heterocycles. The Morgan fingerprint density at radius 2 is 1.74 bits per heavy atom. The molecule has 5 nitrogen and oxygen atoms in total. The maximum atomic E-state index is 11.8. The number of para-hydroxylation sites is 1. The molecule has 0 aliphatic carbocycles. The van der Waals surface area contributed by atoms with Gasteiger partial charge >= 0.3 is 0 Å². The monoisotopic (exact) mass is 256 g/mol. The maximum absolute atomic E-state index is 11.8. The second-order valence-corrected chi connectivity index (χ2v) is 4.29. The van der Waals surface area contributed by atoms with Crippen LogP contribution < -0.4 is 4.90 Å². The Morgan fingerprint density at radius 3 is 2.42 bits per heavy atom. The van der Waals surface area contributed by atoms with E-state index in [0.717, 1.165) is 15.8 Å². The molecule has 0 fully saturated rings. The molecule has 96 valence electrons. The van der Waals surface area contributed by atoms with Crippen LogP contribution in [0.4, 0.5) is 5.69 Å². The molecule has 19 heavy (non-hydrogen) atoms. The molecule has 0 spiro atoms. The van der Waals surface area contributed by atoms with Crippen molar-refractivity contribution in [2.75, 3.05) is 11.5 Å². The average Bonchev–Trinajstić information content (AvgIpc) is 2.92. The molecule has 1 aliphatic heterocycles. The standard InChI is InChI=1S/C14H12N2O3/c17-8-7-15-9-12(10-3-1-2-4-11(10)15)16-13(18)5-6-14(16)19/h1-6,9,17H,7-8H2. The van der Waals surface area contributed by atoms with Crippen molar-refractivity contribution in [3.63, 3.8) is 0 Å². The van der Waals surface area contributed by atoms with Crippen LogP contribution in [0.5, 0.6) is 0 Å². The molecule has 0 radical (unpaired) electrons. The first-order chi connectivity index (χ1) is 9.22. The van der Waals surface area contributed by atoms with Crippen LogP contribution in [0.3, 0.4) is 0 Å². The van der Waals surface area contributed by atoms with Crippen molar-refractivity contribution in [1.29, 1.82) is 0 Å². The second kappa shape index (κ2) is 4.37. The van der Waals surface area contributed by atoms with Gasteiger partial charge in [-0.3, -0.25) is 9.59 Å². The number of benzene rings is 1. The zero-order valence-electron chi connectivity index (χ0n) is 10.1. The molecule has 1 N–H and O–H groups in total. The highest BCUT2D eigenvalue weighted by Crippen LogP contribution is 2.30. The predicted octanol–water partition coefficient (Wildman–Crippen LogP) is 1.06. The third-order valence-electron chi connectivity index (χ3n) is 3.16. The molecular formula is C14H12N2O3. The summed E-state index contributed by atoms with van der Waals surface area (Å²) in [6.07, 6.45) is 4.25. The van der Waals surface area contributed by atoms with Gasteiger partial charge in [-0.05, 0) is 6.07 Å². The molecule has 5 heteroatoms. The highest BCUT2D eigenvalue weighted by Gasteiger charge is 2.27. The minimum Gasteiger partial charge on any atom is -0.395 e. The van der Waals surface area contributed by atoms with E-state index in [1.54, 1.807) is 6.20 Å². The number of carbonyl (C=O) groups is 2. The molecule has 3 rings (SSSR count). The fourth-order valence-electron chi connectivity index (χ4n) is 2.34. The molecule has 0 bridgehead atoms. The Bertz CT molecular complexity index is 682. The molecule has 2 heterocycles. The van der Waals surface area contributed by atoms with Gasteiger partial charge < -0.3 is 9.67 Å². The van der Waals surface area contributed by atoms with Gasteiger partial charge in [0.15, 0.2) is 0 Å². The van der Waals surface area contributed by atoms with E-state index in [9.17, 15) is 9.59 Å². The summed E-state index contributed by atoms with van der Waals surface area (Å²) in [6, 6.07) is 7.49. The zero-order valence-corrected chi connectivity index (χ0v) is 10.1. The Labute approximate surface area is 109 Å². The number of hydrogen-bond acceptors (Lipinski definition) is 3. The van der Waals surface area contributed by atoms with Crippen molar-refractivity contribution in [3.05, 3.63) is 42.6 Å². The van der Waals surface area contributed by atoms with E-state index in [1.165, 1.54) is 12.2 Å². The van der Waals surface area contributed by atoms with E-state index in [1.807, 2.05) is 28.8 Å². The van der Waals surface area contributed by atoms with Crippen LogP contribution in [0.1, 0.15) is 0 Å². The largest absolute Gasteiger partial charge is 0.395 e. The summed E-state index contributed by atoms with van der Waals surface area (Å²) in [5.41, 5.74) is 1.45. The van der Waals surface area contributed by atoms with Crippen LogP contribution in [0.25, 0.3) is 10.9 Å². The number of hydrogen-bond donors (Lipinski definition) is 1. The molecule has 0 unspecified atom stereocenters. The van der Waals surface area contributed by atoms with E-state index in [2.05, 4.69) is 0 Å². The fraction of sp³-hybridized carbons (Fsp3) is 0.143. The minimum absolute atomic E-state index is 0.00173. The summed E-state index contributed by atoms with van der Waals surface area (Å²) >= 11 is 0. The SMILES string of the molecule is O=C1C=CC(=O)N1c1cn(CCO)c2ccccc12. The summed E-state index contributed by atoms with van der Waals surface area (Å²) < 4.78 is 1.84. The lowest BCUT2D eigenvalue weighted by molar-refractivity contribution is -0.119. The molecule has 1 aliphatic rings. The van der Waals surface area contributed by atoms with E-state index in [4.69, 9.17) is 5.11 Å². The van der Waals surface area contributed by atoms with Gasteiger partial charge in [0.2, 0.25) is 0 Å². The topological polar surface area (TPSA) is 62.5 Å². The van der Waals surface area contributed by atoms with Gasteiger partial charge in [-0.25, -0.2) is 4.90 Å². The Kier molecular flexibility index (Phi) is 2.68. The first-order valence-corrected chi connectivity index (χ1v) is 5.97. The maximum Gasteiger partial charge on any atom is 0.258 e. The van der Waals surface area contributed by atoms with E-state index in [-0.39, 0.29) is 18.4 Å². The van der Waals surface area contributed by atoms with Gasteiger partial charge in [-0.15, -0.1) is 0 Å². The number of amides is 2. The van der Waals surface area contributed by atoms with E-state index in [0.29, 0.717) is 12.2 Å². The third kappa shape index (κ3) is 1.75. The average molecular weight is 256 g/mol. The molecule has 0 saturated carbocycles. The van der Waals surface area contributed by atoms with Crippen LogP contribution in [0.2, 0.25) is 0 Å². The smallest absolute Gasteiger partial charge is 0.258 e. The normalized spacial score (nSPS) is 14.9. The number of aliphatic hydroxyl groups excluding tert-OH is 1.